The van der Waals surface area contributed by atoms with E-state index in [0.29, 0.717) is 35.4 Å². The van der Waals surface area contributed by atoms with Crippen LogP contribution in [0.2, 0.25) is 0 Å². The van der Waals surface area contributed by atoms with Gasteiger partial charge in [0.05, 0.1) is 5.92 Å². The number of carboxylic acids is 1. The fraction of sp³-hybridized carbons (Fsp3) is 0.562. The number of aliphatic carboxylic acids is 1. The van der Waals surface area contributed by atoms with Gasteiger partial charge in [0.1, 0.15) is 5.69 Å². The second-order valence-corrected chi connectivity index (χ2v) is 6.10. The van der Waals surface area contributed by atoms with E-state index < -0.39 is 11.9 Å². The molecule has 2 unspecified atom stereocenters. The molecule has 0 aliphatic carbocycles. The van der Waals surface area contributed by atoms with E-state index >= 15 is 0 Å². The number of carbonyl (C=O) groups is 3. The lowest BCUT2D eigenvalue weighted by atomic mass is 9.93. The Bertz CT molecular complexity index is 632. The van der Waals surface area contributed by atoms with Crippen molar-refractivity contribution in [2.45, 2.75) is 46.6 Å². The number of amides is 1. The van der Waals surface area contributed by atoms with Gasteiger partial charge in [-0.1, -0.05) is 0 Å². The van der Waals surface area contributed by atoms with Crippen molar-refractivity contribution in [2.24, 2.45) is 5.92 Å². The Balaban J connectivity index is 2.33. The van der Waals surface area contributed by atoms with Gasteiger partial charge >= 0.3 is 5.97 Å². The van der Waals surface area contributed by atoms with Crippen LogP contribution < -0.4 is 0 Å². The van der Waals surface area contributed by atoms with Crippen LogP contribution in [-0.2, 0) is 4.79 Å². The predicted molar refractivity (Wildman–Crippen MR) is 81.1 cm³/mol. The summed E-state index contributed by atoms with van der Waals surface area (Å²) < 4.78 is 0. The molecule has 2 atom stereocenters. The minimum absolute atomic E-state index is 0.00751. The van der Waals surface area contributed by atoms with Crippen molar-refractivity contribution in [3.8, 4) is 0 Å². The highest BCUT2D eigenvalue weighted by Crippen LogP contribution is 2.26. The highest BCUT2D eigenvalue weighted by atomic mass is 16.4. The van der Waals surface area contributed by atoms with Crippen LogP contribution in [0.25, 0.3) is 0 Å². The Morgan fingerprint density at radius 1 is 1.23 bits per heavy atom. The van der Waals surface area contributed by atoms with E-state index in [2.05, 4.69) is 4.98 Å². The van der Waals surface area contributed by atoms with Gasteiger partial charge in [-0.2, -0.15) is 0 Å². The van der Waals surface area contributed by atoms with Crippen LogP contribution in [-0.4, -0.2) is 45.2 Å². The molecular weight excluding hydrogens is 284 g/mol. The third-order valence-electron chi connectivity index (χ3n) is 4.50. The van der Waals surface area contributed by atoms with Gasteiger partial charge in [0.2, 0.25) is 0 Å². The summed E-state index contributed by atoms with van der Waals surface area (Å²) in [6.07, 6.45) is 1.25. The SMILES string of the molecule is CC(=O)c1c(C)[nH]c(C(=O)N2CC(C(=O)O)CCC2C)c1C. The molecule has 1 aromatic heterocycles. The van der Waals surface area contributed by atoms with Crippen LogP contribution in [0.15, 0.2) is 0 Å². The molecule has 1 saturated heterocycles. The summed E-state index contributed by atoms with van der Waals surface area (Å²) in [7, 11) is 0. The average Bonchev–Trinajstić information content (AvgIpc) is 2.73. The molecule has 120 valence electrons. The average molecular weight is 306 g/mol. The van der Waals surface area contributed by atoms with Gasteiger partial charge in [-0.25, -0.2) is 0 Å². The number of nitrogens with zero attached hydrogens (tertiary/aromatic N) is 1. The fourth-order valence-electron chi connectivity index (χ4n) is 3.23. The number of piperidine rings is 1. The first-order valence-electron chi connectivity index (χ1n) is 7.47. The summed E-state index contributed by atoms with van der Waals surface area (Å²) in [5.74, 6) is -1.70. The molecule has 6 nitrogen and oxygen atoms in total. The molecule has 1 aliphatic rings. The topological polar surface area (TPSA) is 90.5 Å². The zero-order valence-electron chi connectivity index (χ0n) is 13.4. The zero-order chi connectivity index (χ0) is 16.6. The number of nitrogens with one attached hydrogen (secondary N) is 1. The summed E-state index contributed by atoms with van der Waals surface area (Å²) >= 11 is 0. The largest absolute Gasteiger partial charge is 0.481 e. The number of ketones is 1. The Kier molecular flexibility index (Phi) is 4.39. The molecule has 22 heavy (non-hydrogen) atoms. The van der Waals surface area contributed by atoms with Gasteiger partial charge < -0.3 is 15.0 Å². The summed E-state index contributed by atoms with van der Waals surface area (Å²) in [6.45, 7) is 7.12. The van der Waals surface area contributed by atoms with Crippen LogP contribution in [0.4, 0.5) is 0 Å². The van der Waals surface area contributed by atoms with E-state index in [1.54, 1.807) is 18.7 Å². The highest BCUT2D eigenvalue weighted by molar-refractivity contribution is 6.02. The zero-order valence-corrected chi connectivity index (χ0v) is 13.4. The first-order chi connectivity index (χ1) is 10.2. The summed E-state index contributed by atoms with van der Waals surface area (Å²) in [6, 6.07) is -0.00751. The van der Waals surface area contributed by atoms with E-state index in [9.17, 15) is 19.5 Å². The minimum atomic E-state index is -0.867. The first-order valence-corrected chi connectivity index (χ1v) is 7.47. The van der Waals surface area contributed by atoms with Gasteiger partial charge in [-0.3, -0.25) is 14.4 Å². The number of aryl methyl sites for hydroxylation is 1. The van der Waals surface area contributed by atoms with E-state index in [0.717, 1.165) is 0 Å². The first kappa shape index (κ1) is 16.3. The molecule has 0 saturated carbocycles. The van der Waals surface area contributed by atoms with Crippen molar-refractivity contribution >= 4 is 17.7 Å². The fourth-order valence-corrected chi connectivity index (χ4v) is 3.23. The molecule has 1 amide bonds. The number of aromatic amines is 1. The molecule has 2 rings (SSSR count). The smallest absolute Gasteiger partial charge is 0.308 e. The second-order valence-electron chi connectivity index (χ2n) is 6.10. The summed E-state index contributed by atoms with van der Waals surface area (Å²) in [5, 5.41) is 9.18. The van der Waals surface area contributed by atoms with Crippen molar-refractivity contribution in [1.29, 1.82) is 0 Å². The van der Waals surface area contributed by atoms with Gasteiger partial charge in [-0.15, -0.1) is 0 Å². The number of hydrogen-bond acceptors (Lipinski definition) is 3. The Labute approximate surface area is 129 Å². The van der Waals surface area contributed by atoms with Crippen LogP contribution in [0.5, 0.6) is 0 Å². The van der Waals surface area contributed by atoms with Crippen molar-refractivity contribution < 1.29 is 19.5 Å². The Morgan fingerprint density at radius 2 is 1.86 bits per heavy atom. The number of Topliss-reactive ketones (excluding diaryl/α,β-unsaturated/α-hetero) is 1. The Hall–Kier alpha value is -2.11. The molecule has 1 fully saturated rings. The number of aromatic nitrogens is 1. The van der Waals surface area contributed by atoms with Gasteiger partial charge in [0.25, 0.3) is 5.91 Å². The molecule has 6 heteroatoms. The van der Waals surface area contributed by atoms with E-state index in [4.69, 9.17) is 0 Å². The quantitative estimate of drug-likeness (QED) is 0.837. The van der Waals surface area contributed by atoms with Crippen LogP contribution in [0, 0.1) is 19.8 Å². The molecule has 0 aromatic carbocycles. The number of rotatable bonds is 3. The molecular formula is C16H22N2O4. The van der Waals surface area contributed by atoms with E-state index in [-0.39, 0.29) is 24.3 Å². The van der Waals surface area contributed by atoms with Crippen molar-refractivity contribution in [1.82, 2.24) is 9.88 Å². The highest BCUT2D eigenvalue weighted by Gasteiger charge is 2.34. The Morgan fingerprint density at radius 3 is 2.36 bits per heavy atom. The molecule has 2 N–H and O–H groups in total. The molecule has 1 aromatic rings. The number of likely N-dealkylation sites (tertiary alicyclic amines) is 1. The maximum atomic E-state index is 12.8. The molecule has 0 radical (unpaired) electrons. The third-order valence-corrected chi connectivity index (χ3v) is 4.50. The lowest BCUT2D eigenvalue weighted by Gasteiger charge is -2.36. The number of hydrogen-bond donors (Lipinski definition) is 2. The van der Waals surface area contributed by atoms with Crippen LogP contribution >= 0.6 is 0 Å². The maximum Gasteiger partial charge on any atom is 0.308 e. The van der Waals surface area contributed by atoms with Gasteiger partial charge in [0.15, 0.2) is 5.78 Å². The molecule has 0 bridgehead atoms. The lowest BCUT2D eigenvalue weighted by molar-refractivity contribution is -0.143. The predicted octanol–water partition coefficient (Wildman–Crippen LogP) is 2.16. The molecule has 1 aliphatic heterocycles. The van der Waals surface area contributed by atoms with Crippen molar-refractivity contribution in [3.63, 3.8) is 0 Å². The molecule has 2 heterocycles. The third kappa shape index (κ3) is 2.77. The maximum absolute atomic E-state index is 12.8. The van der Waals surface area contributed by atoms with Crippen molar-refractivity contribution in [2.75, 3.05) is 6.54 Å². The standard InChI is InChI=1S/C16H22N2O4/c1-8-5-6-12(16(21)22)7-18(8)15(20)14-9(2)13(11(4)19)10(3)17-14/h8,12,17H,5-7H2,1-4H3,(H,21,22). The summed E-state index contributed by atoms with van der Waals surface area (Å²) in [5.41, 5.74) is 2.25. The monoisotopic (exact) mass is 306 g/mol. The van der Waals surface area contributed by atoms with Gasteiger partial charge in [-0.05, 0) is 46.1 Å². The number of carboxylic acid groups (broad SMARTS) is 1. The number of H-pyrrole nitrogens is 1. The van der Waals surface area contributed by atoms with Crippen LogP contribution in [0.3, 0.4) is 0 Å². The lowest BCUT2D eigenvalue weighted by Crippen LogP contribution is -2.47. The van der Waals surface area contributed by atoms with Crippen molar-refractivity contribution in [3.05, 3.63) is 22.5 Å². The molecule has 0 spiro atoms. The summed E-state index contributed by atoms with van der Waals surface area (Å²) in [4.78, 5) is 40.2. The second kappa shape index (κ2) is 5.94. The van der Waals surface area contributed by atoms with E-state index in [1.807, 2.05) is 6.92 Å². The normalized spacial score (nSPS) is 21.7. The number of carbonyl (C=O) groups excluding carboxylic acids is 2. The van der Waals surface area contributed by atoms with Gasteiger partial charge in [0, 0.05) is 23.8 Å². The minimum Gasteiger partial charge on any atom is -0.481 e. The van der Waals surface area contributed by atoms with E-state index in [1.165, 1.54) is 6.92 Å². The van der Waals surface area contributed by atoms with Crippen LogP contribution in [0.1, 0.15) is 58.8 Å².